The summed E-state index contributed by atoms with van der Waals surface area (Å²) in [6.45, 7) is 3.52. The second kappa shape index (κ2) is 6.95. The molecule has 2 aromatic rings. The Morgan fingerprint density at radius 3 is 2.33 bits per heavy atom. The van der Waals surface area contributed by atoms with Crippen LogP contribution in [0.2, 0.25) is 0 Å². The molecule has 0 aliphatic rings. The van der Waals surface area contributed by atoms with Crippen LogP contribution in [0.25, 0.3) is 11.6 Å². The van der Waals surface area contributed by atoms with E-state index in [2.05, 4.69) is 0 Å². The van der Waals surface area contributed by atoms with E-state index in [0.29, 0.717) is 11.1 Å². The average molecular weight is 327 g/mol. The first-order chi connectivity index (χ1) is 11.3. The number of carbonyl (C=O) groups excluding carboxylic acids is 1. The molecule has 124 valence electrons. The van der Waals surface area contributed by atoms with Crippen molar-refractivity contribution in [2.45, 2.75) is 13.8 Å². The summed E-state index contributed by atoms with van der Waals surface area (Å²) in [5.74, 6) is -1.80. The number of aromatic hydroxyl groups is 2. The molecule has 0 amide bonds. The van der Waals surface area contributed by atoms with Gasteiger partial charge in [-0.25, -0.2) is 0 Å². The number of phenolic OH excluding ortho intramolecular Hbond substituents is 2. The lowest BCUT2D eigenvalue weighted by atomic mass is 9.93. The first-order valence-electron chi connectivity index (χ1n) is 7.33. The molecule has 2 N–H and O–H groups in total. The Balaban J connectivity index is 2.63. The van der Waals surface area contributed by atoms with Crippen LogP contribution in [0, 0.1) is 16.0 Å². The van der Waals surface area contributed by atoms with Gasteiger partial charge in [0.2, 0.25) is 5.75 Å². The molecule has 2 aromatic carbocycles. The number of benzene rings is 2. The van der Waals surface area contributed by atoms with E-state index >= 15 is 0 Å². The van der Waals surface area contributed by atoms with E-state index in [1.165, 1.54) is 12.1 Å². The molecule has 0 heterocycles. The van der Waals surface area contributed by atoms with Crippen molar-refractivity contribution in [2.75, 3.05) is 0 Å². The summed E-state index contributed by atoms with van der Waals surface area (Å²) in [5, 5.41) is 30.2. The lowest BCUT2D eigenvalue weighted by molar-refractivity contribution is -0.386. The van der Waals surface area contributed by atoms with Gasteiger partial charge in [-0.15, -0.1) is 0 Å². The first kappa shape index (κ1) is 17.2. The van der Waals surface area contributed by atoms with Crippen molar-refractivity contribution < 1.29 is 19.9 Å². The number of carbonyl (C=O) groups is 1. The second-order valence-electron chi connectivity index (χ2n) is 5.61. The topological polar surface area (TPSA) is 101 Å². The van der Waals surface area contributed by atoms with Crippen LogP contribution in [0.5, 0.6) is 11.5 Å². The normalized spacial score (nSPS) is 11.5. The minimum absolute atomic E-state index is 0.128. The van der Waals surface area contributed by atoms with E-state index in [-0.39, 0.29) is 17.3 Å². The van der Waals surface area contributed by atoms with Crippen molar-refractivity contribution in [3.8, 4) is 11.5 Å². The molecule has 0 bridgehead atoms. The highest BCUT2D eigenvalue weighted by molar-refractivity contribution is 6.26. The molecule has 0 aromatic heterocycles. The highest BCUT2D eigenvalue weighted by Gasteiger charge is 2.20. The zero-order valence-corrected chi connectivity index (χ0v) is 13.3. The van der Waals surface area contributed by atoms with Gasteiger partial charge in [0.1, 0.15) is 0 Å². The van der Waals surface area contributed by atoms with Gasteiger partial charge in [0, 0.05) is 17.6 Å². The molecule has 24 heavy (non-hydrogen) atoms. The van der Waals surface area contributed by atoms with Gasteiger partial charge >= 0.3 is 5.69 Å². The maximum Gasteiger partial charge on any atom is 0.315 e. The molecule has 0 spiro atoms. The van der Waals surface area contributed by atoms with Crippen molar-refractivity contribution in [3.63, 3.8) is 0 Å². The lowest BCUT2D eigenvalue weighted by Crippen LogP contribution is -2.09. The van der Waals surface area contributed by atoms with Crippen molar-refractivity contribution in [1.82, 2.24) is 0 Å². The maximum absolute atomic E-state index is 12.5. The second-order valence-corrected chi connectivity index (χ2v) is 5.61. The van der Waals surface area contributed by atoms with E-state index in [1.54, 1.807) is 38.1 Å². The average Bonchev–Trinajstić information content (AvgIpc) is 2.55. The maximum atomic E-state index is 12.5. The van der Waals surface area contributed by atoms with Gasteiger partial charge in [-0.2, -0.15) is 0 Å². The van der Waals surface area contributed by atoms with E-state index in [0.717, 1.165) is 6.07 Å². The number of nitro benzene ring substituents is 1. The monoisotopic (exact) mass is 327 g/mol. The molecule has 0 radical (unpaired) electrons. The Kier molecular flexibility index (Phi) is 4.99. The summed E-state index contributed by atoms with van der Waals surface area (Å²) in [4.78, 5) is 22.7. The predicted octanol–water partition coefficient (Wildman–Crippen LogP) is 3.77. The van der Waals surface area contributed by atoms with Crippen LogP contribution in [0.4, 0.5) is 5.69 Å². The first-order valence-corrected chi connectivity index (χ1v) is 7.33. The van der Waals surface area contributed by atoms with Crippen LogP contribution in [-0.2, 0) is 4.79 Å². The number of nitrogens with zero attached hydrogens (tertiary/aromatic N) is 1. The highest BCUT2D eigenvalue weighted by atomic mass is 16.6. The third kappa shape index (κ3) is 3.60. The molecule has 2 rings (SSSR count). The SMILES string of the molecule is CC(C)C(=O)C(=Cc1cc(O)c(O)c([N+](=O)[O-])c1)c1ccccc1. The molecule has 0 saturated heterocycles. The molecule has 6 nitrogen and oxygen atoms in total. The zero-order chi connectivity index (χ0) is 17.9. The van der Waals surface area contributed by atoms with Gasteiger partial charge in [0.15, 0.2) is 11.5 Å². The lowest BCUT2D eigenvalue weighted by Gasteiger charge is -2.10. The van der Waals surface area contributed by atoms with Crippen LogP contribution < -0.4 is 0 Å². The van der Waals surface area contributed by atoms with Gasteiger partial charge in [-0.1, -0.05) is 44.2 Å². The quantitative estimate of drug-likeness (QED) is 0.286. The van der Waals surface area contributed by atoms with Crippen LogP contribution in [-0.4, -0.2) is 20.9 Å². The number of Topliss-reactive ketones (excluding diaryl/α,β-unsaturated/α-hetero) is 1. The van der Waals surface area contributed by atoms with Crippen molar-refractivity contribution >= 4 is 23.1 Å². The number of ketones is 1. The summed E-state index contributed by atoms with van der Waals surface area (Å²) in [5.41, 5.74) is 0.687. The fraction of sp³-hybridized carbons (Fsp3) is 0.167. The Labute approximate surface area is 138 Å². The number of phenols is 2. The number of allylic oxidation sites excluding steroid dienone is 1. The van der Waals surface area contributed by atoms with Crippen molar-refractivity contribution in [2.24, 2.45) is 5.92 Å². The third-order valence-electron chi connectivity index (χ3n) is 3.47. The molecule has 0 unspecified atom stereocenters. The molecular weight excluding hydrogens is 310 g/mol. The van der Waals surface area contributed by atoms with Gasteiger partial charge in [-0.3, -0.25) is 14.9 Å². The molecular formula is C18H17NO5. The molecule has 0 saturated carbocycles. The largest absolute Gasteiger partial charge is 0.504 e. The zero-order valence-electron chi connectivity index (χ0n) is 13.3. The molecule has 0 fully saturated rings. The summed E-state index contributed by atoms with van der Waals surface area (Å²) >= 11 is 0. The van der Waals surface area contributed by atoms with E-state index in [4.69, 9.17) is 0 Å². The van der Waals surface area contributed by atoms with E-state index in [1.807, 2.05) is 6.07 Å². The van der Waals surface area contributed by atoms with Crippen LogP contribution >= 0.6 is 0 Å². The van der Waals surface area contributed by atoms with Gasteiger partial charge in [-0.05, 0) is 23.3 Å². The Morgan fingerprint density at radius 1 is 1.17 bits per heavy atom. The minimum Gasteiger partial charge on any atom is -0.504 e. The molecule has 0 aliphatic heterocycles. The van der Waals surface area contributed by atoms with Crippen LogP contribution in [0.15, 0.2) is 42.5 Å². The Hall–Kier alpha value is -3.15. The van der Waals surface area contributed by atoms with Gasteiger partial charge in [0.05, 0.1) is 4.92 Å². The molecule has 0 aliphatic carbocycles. The standard InChI is InChI=1S/C18H17NO5/c1-11(2)17(21)14(13-6-4-3-5-7-13)8-12-9-15(19(23)24)18(22)16(20)10-12/h3-11,20,22H,1-2H3. The number of hydrogen-bond donors (Lipinski definition) is 2. The van der Waals surface area contributed by atoms with Gasteiger partial charge < -0.3 is 10.2 Å². The van der Waals surface area contributed by atoms with Crippen LogP contribution in [0.1, 0.15) is 25.0 Å². The third-order valence-corrected chi connectivity index (χ3v) is 3.47. The summed E-state index contributed by atoms with van der Waals surface area (Å²) in [6, 6.07) is 11.2. The highest BCUT2D eigenvalue weighted by Crippen LogP contribution is 2.37. The fourth-order valence-corrected chi connectivity index (χ4v) is 2.24. The fourth-order valence-electron chi connectivity index (χ4n) is 2.24. The Morgan fingerprint density at radius 2 is 1.79 bits per heavy atom. The smallest absolute Gasteiger partial charge is 0.315 e. The number of hydrogen-bond acceptors (Lipinski definition) is 5. The molecule has 6 heteroatoms. The van der Waals surface area contributed by atoms with E-state index in [9.17, 15) is 25.1 Å². The van der Waals surface area contributed by atoms with Crippen molar-refractivity contribution in [1.29, 1.82) is 0 Å². The Bertz CT molecular complexity index is 810. The summed E-state index contributed by atoms with van der Waals surface area (Å²) < 4.78 is 0. The summed E-state index contributed by atoms with van der Waals surface area (Å²) in [7, 11) is 0. The summed E-state index contributed by atoms with van der Waals surface area (Å²) in [6.07, 6.45) is 1.48. The van der Waals surface area contributed by atoms with Crippen molar-refractivity contribution in [3.05, 3.63) is 63.7 Å². The van der Waals surface area contributed by atoms with E-state index < -0.39 is 22.1 Å². The number of rotatable bonds is 5. The van der Waals surface area contributed by atoms with Crippen LogP contribution in [0.3, 0.4) is 0 Å². The predicted molar refractivity (Wildman–Crippen MR) is 90.6 cm³/mol. The number of nitro groups is 1. The molecule has 0 atom stereocenters. The minimum atomic E-state index is -0.798. The van der Waals surface area contributed by atoms with Gasteiger partial charge in [0.25, 0.3) is 0 Å².